The molecule has 2 N–H and O–H groups in total. The van der Waals surface area contributed by atoms with Gasteiger partial charge in [-0.3, -0.25) is 9.78 Å². The molecule has 0 unspecified atom stereocenters. The van der Waals surface area contributed by atoms with E-state index in [1.165, 1.54) is 0 Å². The Morgan fingerprint density at radius 3 is 2.33 bits per heavy atom. The Bertz CT molecular complexity index is 1190. The molecule has 1 aromatic heterocycles. The van der Waals surface area contributed by atoms with Gasteiger partial charge in [-0.05, 0) is 12.1 Å². The van der Waals surface area contributed by atoms with Gasteiger partial charge in [0.2, 0.25) is 5.95 Å². The number of rotatable bonds is 4. The number of hydrazone groups is 1. The SMILES string of the molecule is N#Cc1c(-c2ccccc2)nc(NN=Cc2c(F)cc(C(F)(F)F)cc2F)[nH]c1=O. The number of halogens is 5. The van der Waals surface area contributed by atoms with Crippen LogP contribution in [0.2, 0.25) is 0 Å². The van der Waals surface area contributed by atoms with E-state index in [1.807, 2.05) is 0 Å². The van der Waals surface area contributed by atoms with Gasteiger partial charge in [-0.1, -0.05) is 30.3 Å². The van der Waals surface area contributed by atoms with Crippen LogP contribution in [0, 0.1) is 23.0 Å². The Labute approximate surface area is 165 Å². The first-order valence-electron chi connectivity index (χ1n) is 8.16. The molecule has 0 aliphatic heterocycles. The van der Waals surface area contributed by atoms with Crippen molar-refractivity contribution >= 4 is 12.2 Å². The first-order chi connectivity index (χ1) is 14.2. The van der Waals surface area contributed by atoms with Crippen molar-refractivity contribution in [2.45, 2.75) is 6.18 Å². The molecule has 152 valence electrons. The lowest BCUT2D eigenvalue weighted by atomic mass is 10.1. The summed E-state index contributed by atoms with van der Waals surface area (Å²) >= 11 is 0. The van der Waals surface area contributed by atoms with E-state index in [9.17, 15) is 32.0 Å². The predicted molar refractivity (Wildman–Crippen MR) is 97.6 cm³/mol. The van der Waals surface area contributed by atoms with Gasteiger partial charge in [0.1, 0.15) is 23.3 Å². The van der Waals surface area contributed by atoms with Gasteiger partial charge in [-0.2, -0.15) is 23.5 Å². The Morgan fingerprint density at radius 1 is 1.13 bits per heavy atom. The lowest BCUT2D eigenvalue weighted by Gasteiger charge is -2.08. The summed E-state index contributed by atoms with van der Waals surface area (Å²) in [4.78, 5) is 18.4. The number of alkyl halides is 3. The summed E-state index contributed by atoms with van der Waals surface area (Å²) in [5.41, 5.74) is -0.593. The minimum Gasteiger partial charge on any atom is -0.290 e. The molecule has 0 saturated heterocycles. The van der Waals surface area contributed by atoms with Gasteiger partial charge in [0.25, 0.3) is 5.56 Å². The second-order valence-electron chi connectivity index (χ2n) is 5.84. The molecule has 2 aromatic carbocycles. The summed E-state index contributed by atoms with van der Waals surface area (Å²) in [6.07, 6.45) is -4.31. The normalized spacial score (nSPS) is 11.5. The fourth-order valence-electron chi connectivity index (χ4n) is 2.46. The maximum Gasteiger partial charge on any atom is 0.416 e. The van der Waals surface area contributed by atoms with Crippen LogP contribution in [-0.2, 0) is 6.18 Å². The van der Waals surface area contributed by atoms with Gasteiger partial charge in [-0.25, -0.2) is 19.2 Å². The van der Waals surface area contributed by atoms with Crippen molar-refractivity contribution in [2.24, 2.45) is 5.10 Å². The number of benzene rings is 2. The molecule has 0 bridgehead atoms. The van der Waals surface area contributed by atoms with Crippen LogP contribution in [0.5, 0.6) is 0 Å². The zero-order valence-corrected chi connectivity index (χ0v) is 14.8. The Hall–Kier alpha value is -4.07. The van der Waals surface area contributed by atoms with Crippen LogP contribution in [0.1, 0.15) is 16.7 Å². The topological polar surface area (TPSA) is 93.9 Å². The highest BCUT2D eigenvalue weighted by atomic mass is 19.4. The van der Waals surface area contributed by atoms with Crippen molar-refractivity contribution in [1.29, 1.82) is 5.26 Å². The first-order valence-corrected chi connectivity index (χ1v) is 8.16. The van der Waals surface area contributed by atoms with E-state index in [0.29, 0.717) is 11.8 Å². The summed E-state index contributed by atoms with van der Waals surface area (Å²) in [7, 11) is 0. The number of nitriles is 1. The smallest absolute Gasteiger partial charge is 0.290 e. The van der Waals surface area contributed by atoms with E-state index in [4.69, 9.17) is 0 Å². The van der Waals surface area contributed by atoms with Gasteiger partial charge in [-0.15, -0.1) is 0 Å². The summed E-state index contributed by atoms with van der Waals surface area (Å²) in [6.45, 7) is 0. The van der Waals surface area contributed by atoms with E-state index in [0.717, 1.165) is 0 Å². The minimum atomic E-state index is -4.91. The molecule has 0 spiro atoms. The van der Waals surface area contributed by atoms with Crippen LogP contribution >= 0.6 is 0 Å². The summed E-state index contributed by atoms with van der Waals surface area (Å²) < 4.78 is 65.5. The molecule has 0 aliphatic carbocycles. The average Bonchev–Trinajstić information content (AvgIpc) is 2.69. The summed E-state index contributed by atoms with van der Waals surface area (Å²) in [5, 5.41) is 12.7. The highest BCUT2D eigenvalue weighted by molar-refractivity contribution is 5.81. The van der Waals surface area contributed by atoms with E-state index in [-0.39, 0.29) is 29.3 Å². The third-order valence-electron chi connectivity index (χ3n) is 3.85. The monoisotopic (exact) mass is 419 g/mol. The zero-order chi connectivity index (χ0) is 21.9. The molecular weight excluding hydrogens is 409 g/mol. The van der Waals surface area contributed by atoms with E-state index in [1.54, 1.807) is 36.4 Å². The Balaban J connectivity index is 1.92. The Morgan fingerprint density at radius 2 is 1.77 bits per heavy atom. The van der Waals surface area contributed by atoms with Crippen molar-refractivity contribution in [3.63, 3.8) is 0 Å². The number of aromatic amines is 1. The summed E-state index contributed by atoms with van der Waals surface area (Å²) in [6, 6.07) is 10.3. The molecule has 0 atom stereocenters. The molecule has 0 radical (unpaired) electrons. The fourth-order valence-corrected chi connectivity index (χ4v) is 2.46. The second kappa shape index (κ2) is 8.12. The molecule has 3 aromatic rings. The molecule has 0 saturated carbocycles. The van der Waals surface area contributed by atoms with Crippen LogP contribution in [0.25, 0.3) is 11.3 Å². The molecular formula is C19H10F5N5O. The molecule has 3 rings (SSSR count). The van der Waals surface area contributed by atoms with E-state index >= 15 is 0 Å². The third-order valence-corrected chi connectivity index (χ3v) is 3.85. The lowest BCUT2D eigenvalue weighted by molar-refractivity contribution is -0.138. The van der Waals surface area contributed by atoms with Crippen molar-refractivity contribution in [1.82, 2.24) is 9.97 Å². The highest BCUT2D eigenvalue weighted by Crippen LogP contribution is 2.31. The maximum atomic E-state index is 13.8. The molecule has 0 amide bonds. The van der Waals surface area contributed by atoms with Gasteiger partial charge in [0, 0.05) is 5.56 Å². The fraction of sp³-hybridized carbons (Fsp3) is 0.0526. The quantitative estimate of drug-likeness (QED) is 0.379. The van der Waals surface area contributed by atoms with Gasteiger partial charge in [0.05, 0.1) is 23.0 Å². The van der Waals surface area contributed by atoms with Gasteiger partial charge in [0.15, 0.2) is 0 Å². The number of anilines is 1. The number of hydrogen-bond donors (Lipinski definition) is 2. The molecule has 0 fully saturated rings. The van der Waals surface area contributed by atoms with E-state index in [2.05, 4.69) is 20.5 Å². The van der Waals surface area contributed by atoms with Gasteiger partial charge < -0.3 is 0 Å². The Kier molecular flexibility index (Phi) is 5.59. The standard InChI is InChI=1S/C19H10F5N5O/c20-14-6-11(19(22,23)24)7-15(21)13(14)9-26-29-18-27-16(10-4-2-1-3-5-10)12(8-25)17(30)28-18/h1-7,9H,(H2,27,28,29,30). The van der Waals surface area contributed by atoms with Crippen LogP contribution in [0.4, 0.5) is 27.9 Å². The third kappa shape index (κ3) is 4.33. The first kappa shape index (κ1) is 20.7. The molecule has 30 heavy (non-hydrogen) atoms. The van der Waals surface area contributed by atoms with Crippen LogP contribution in [0.3, 0.4) is 0 Å². The molecule has 11 heteroatoms. The van der Waals surface area contributed by atoms with E-state index < -0.39 is 34.5 Å². The molecule has 0 aliphatic rings. The number of nitrogens with zero attached hydrogens (tertiary/aromatic N) is 3. The van der Waals surface area contributed by atoms with Crippen molar-refractivity contribution < 1.29 is 22.0 Å². The summed E-state index contributed by atoms with van der Waals surface area (Å²) in [5.74, 6) is -3.19. The highest BCUT2D eigenvalue weighted by Gasteiger charge is 2.32. The van der Waals surface area contributed by atoms with Crippen molar-refractivity contribution in [2.75, 3.05) is 5.43 Å². The number of aromatic nitrogens is 2. The lowest BCUT2D eigenvalue weighted by Crippen LogP contribution is -2.16. The van der Waals surface area contributed by atoms with Crippen molar-refractivity contribution in [3.8, 4) is 17.3 Å². The van der Waals surface area contributed by atoms with Gasteiger partial charge >= 0.3 is 6.18 Å². The molecule has 6 nitrogen and oxygen atoms in total. The molecule has 1 heterocycles. The number of hydrogen-bond acceptors (Lipinski definition) is 5. The van der Waals surface area contributed by atoms with Crippen molar-refractivity contribution in [3.05, 3.63) is 81.1 Å². The number of nitrogens with one attached hydrogen (secondary N) is 2. The van der Waals surface area contributed by atoms with Crippen LogP contribution < -0.4 is 11.0 Å². The maximum absolute atomic E-state index is 13.8. The zero-order valence-electron chi connectivity index (χ0n) is 14.8. The largest absolute Gasteiger partial charge is 0.416 e. The van der Waals surface area contributed by atoms with Crippen LogP contribution in [0.15, 0.2) is 52.4 Å². The minimum absolute atomic E-state index is 0.0476. The van der Waals surface area contributed by atoms with Crippen LogP contribution in [-0.4, -0.2) is 16.2 Å². The second-order valence-corrected chi connectivity index (χ2v) is 5.84. The number of H-pyrrole nitrogens is 1. The predicted octanol–water partition coefficient (Wildman–Crippen LogP) is 4.05. The average molecular weight is 419 g/mol.